The van der Waals surface area contributed by atoms with Gasteiger partial charge in [0.2, 0.25) is 0 Å². The maximum Gasteiger partial charge on any atom is 0.161 e. The Morgan fingerprint density at radius 3 is 1.60 bits per heavy atom. The molecule has 0 saturated carbocycles. The summed E-state index contributed by atoms with van der Waals surface area (Å²) in [5.74, 6) is 0. The molecule has 0 bridgehead atoms. The lowest BCUT2D eigenvalue weighted by molar-refractivity contribution is 0.673. The first kappa shape index (κ1) is 26.8. The summed E-state index contributed by atoms with van der Waals surface area (Å²) in [7, 11) is 0. The predicted octanol–water partition coefficient (Wildman–Crippen LogP) is 12.8. The molecule has 224 valence electrons. The summed E-state index contributed by atoms with van der Waals surface area (Å²) in [5, 5.41) is 7.26. The molecule has 0 N–H and O–H groups in total. The van der Waals surface area contributed by atoms with Crippen LogP contribution in [0.5, 0.6) is 0 Å². The Kier molecular flexibility index (Phi) is 5.91. The first-order valence-corrected chi connectivity index (χ1v) is 16.4. The van der Waals surface area contributed by atoms with Gasteiger partial charge in [-0.15, -0.1) is 0 Å². The third kappa shape index (κ3) is 3.93. The fraction of sp³-hybridized carbons (Fsp3) is 0. The van der Waals surface area contributed by atoms with Crippen LogP contribution in [0.3, 0.4) is 0 Å². The van der Waals surface area contributed by atoms with Gasteiger partial charge in [-0.05, 0) is 91.3 Å². The van der Waals surface area contributed by atoms with Gasteiger partial charge in [0, 0.05) is 11.1 Å². The number of hydrogen-bond donors (Lipinski definition) is 0. The van der Waals surface area contributed by atoms with Crippen LogP contribution in [0.2, 0.25) is 0 Å². The summed E-state index contributed by atoms with van der Waals surface area (Å²) in [5.41, 5.74) is 12.4. The lowest BCUT2D eigenvalue weighted by atomic mass is 9.85. The third-order valence-electron chi connectivity index (χ3n) is 9.77. The van der Waals surface area contributed by atoms with Gasteiger partial charge in [-0.3, -0.25) is 0 Å². The zero-order chi connectivity index (χ0) is 31.6. The van der Waals surface area contributed by atoms with Gasteiger partial charge in [-0.2, -0.15) is 0 Å². The molecule has 0 atom stereocenters. The third-order valence-corrected chi connectivity index (χ3v) is 9.77. The van der Waals surface area contributed by atoms with Crippen LogP contribution in [0.4, 0.5) is 0 Å². The van der Waals surface area contributed by atoms with Crippen LogP contribution in [0.15, 0.2) is 180 Å². The SMILES string of the molecule is c1ccc(-c2c3ccccc3c(-c3cccc(-c4cccc5oc6c7ccccc7n(-c7ccccc7)c6c45)c3)c3ccccc23)cc1. The fourth-order valence-corrected chi connectivity index (χ4v) is 7.79. The lowest BCUT2D eigenvalue weighted by Crippen LogP contribution is -1.94. The predicted molar refractivity (Wildman–Crippen MR) is 202 cm³/mol. The molecule has 48 heavy (non-hydrogen) atoms. The summed E-state index contributed by atoms with van der Waals surface area (Å²) < 4.78 is 9.05. The highest BCUT2D eigenvalue weighted by Crippen LogP contribution is 2.46. The molecule has 0 radical (unpaired) electrons. The van der Waals surface area contributed by atoms with Crippen LogP contribution in [-0.4, -0.2) is 4.57 Å². The van der Waals surface area contributed by atoms with Crippen molar-refractivity contribution in [2.45, 2.75) is 0 Å². The van der Waals surface area contributed by atoms with E-state index in [0.717, 1.165) is 49.8 Å². The van der Waals surface area contributed by atoms with Gasteiger partial charge in [0.25, 0.3) is 0 Å². The van der Waals surface area contributed by atoms with Gasteiger partial charge < -0.3 is 8.98 Å². The van der Waals surface area contributed by atoms with Gasteiger partial charge in [0.05, 0.1) is 10.9 Å². The number of hydrogen-bond acceptors (Lipinski definition) is 1. The number of benzene rings is 8. The van der Waals surface area contributed by atoms with Crippen molar-refractivity contribution in [1.82, 2.24) is 4.57 Å². The van der Waals surface area contributed by atoms with E-state index in [2.05, 4.69) is 180 Å². The van der Waals surface area contributed by atoms with Crippen molar-refractivity contribution in [3.63, 3.8) is 0 Å². The number of para-hydroxylation sites is 2. The smallest absolute Gasteiger partial charge is 0.161 e. The first-order chi connectivity index (χ1) is 23.8. The monoisotopic (exact) mass is 611 g/mol. The highest BCUT2D eigenvalue weighted by atomic mass is 16.3. The number of furan rings is 1. The quantitative estimate of drug-likeness (QED) is 0.181. The molecule has 0 unspecified atom stereocenters. The van der Waals surface area contributed by atoms with E-state index in [9.17, 15) is 0 Å². The van der Waals surface area contributed by atoms with Crippen molar-refractivity contribution in [3.05, 3.63) is 176 Å². The van der Waals surface area contributed by atoms with Gasteiger partial charge in [0.1, 0.15) is 11.1 Å². The molecule has 0 aliphatic carbocycles. The van der Waals surface area contributed by atoms with E-state index in [1.54, 1.807) is 0 Å². The van der Waals surface area contributed by atoms with E-state index in [1.165, 1.54) is 43.8 Å². The molecule has 0 aliphatic heterocycles. The van der Waals surface area contributed by atoms with Crippen molar-refractivity contribution < 1.29 is 4.42 Å². The number of aromatic nitrogens is 1. The summed E-state index contributed by atoms with van der Waals surface area (Å²) in [6.45, 7) is 0. The zero-order valence-electron chi connectivity index (χ0n) is 26.1. The van der Waals surface area contributed by atoms with Gasteiger partial charge in [0.15, 0.2) is 5.58 Å². The molecule has 0 amide bonds. The molecule has 2 heteroatoms. The fourth-order valence-electron chi connectivity index (χ4n) is 7.79. The van der Waals surface area contributed by atoms with Crippen LogP contribution in [0.1, 0.15) is 0 Å². The van der Waals surface area contributed by atoms with E-state index in [0.29, 0.717) is 0 Å². The molecule has 0 aliphatic rings. The highest BCUT2D eigenvalue weighted by molar-refractivity contribution is 6.22. The topological polar surface area (TPSA) is 18.1 Å². The second-order valence-electron chi connectivity index (χ2n) is 12.4. The van der Waals surface area contributed by atoms with Crippen molar-refractivity contribution in [2.24, 2.45) is 0 Å². The Balaban J connectivity index is 1.26. The molecule has 8 aromatic carbocycles. The Labute approximate surface area is 277 Å². The average Bonchev–Trinajstić information content (AvgIpc) is 3.69. The molecule has 2 aromatic heterocycles. The molecule has 0 fully saturated rings. The summed E-state index contributed by atoms with van der Waals surface area (Å²) in [4.78, 5) is 0. The Morgan fingerprint density at radius 2 is 0.917 bits per heavy atom. The first-order valence-electron chi connectivity index (χ1n) is 16.4. The van der Waals surface area contributed by atoms with Crippen molar-refractivity contribution in [2.75, 3.05) is 0 Å². The molecular weight excluding hydrogens is 583 g/mol. The molecule has 0 saturated heterocycles. The summed E-state index contributed by atoms with van der Waals surface area (Å²) in [6, 6.07) is 63.1. The standard InChI is InChI=1S/C46H29NO/c1-3-15-30(16-4-1)42-35-21-7-9-23-37(35)43(38-24-10-8-22-36(38)42)32-18-13-17-31(29-32)34-26-14-28-41-44(34)45-46(48-41)39-25-11-12-27-40(39)47(45)33-19-5-2-6-20-33/h1-29H. The summed E-state index contributed by atoms with van der Waals surface area (Å²) >= 11 is 0. The van der Waals surface area contributed by atoms with Gasteiger partial charge in [-0.25, -0.2) is 0 Å². The van der Waals surface area contributed by atoms with Gasteiger partial charge >= 0.3 is 0 Å². The summed E-state index contributed by atoms with van der Waals surface area (Å²) in [6.07, 6.45) is 0. The van der Waals surface area contributed by atoms with Crippen LogP contribution in [0, 0.1) is 0 Å². The zero-order valence-corrected chi connectivity index (χ0v) is 26.1. The van der Waals surface area contributed by atoms with E-state index < -0.39 is 0 Å². The van der Waals surface area contributed by atoms with Gasteiger partial charge in [-0.1, -0.05) is 140 Å². The molecule has 10 rings (SSSR count). The van der Waals surface area contributed by atoms with E-state index in [1.807, 2.05) is 0 Å². The average molecular weight is 612 g/mol. The molecule has 2 heterocycles. The van der Waals surface area contributed by atoms with E-state index >= 15 is 0 Å². The number of nitrogens with zero attached hydrogens (tertiary/aromatic N) is 1. The van der Waals surface area contributed by atoms with E-state index in [4.69, 9.17) is 4.42 Å². The minimum Gasteiger partial charge on any atom is -0.454 e. The molecular formula is C46H29NO. The van der Waals surface area contributed by atoms with Crippen LogP contribution >= 0.6 is 0 Å². The Bertz CT molecular complexity index is 2760. The molecule has 10 aromatic rings. The highest BCUT2D eigenvalue weighted by Gasteiger charge is 2.22. The Hall–Kier alpha value is -6.38. The van der Waals surface area contributed by atoms with Crippen molar-refractivity contribution in [1.29, 1.82) is 0 Å². The van der Waals surface area contributed by atoms with Crippen LogP contribution in [0.25, 0.3) is 93.6 Å². The van der Waals surface area contributed by atoms with E-state index in [-0.39, 0.29) is 0 Å². The van der Waals surface area contributed by atoms with Crippen molar-refractivity contribution in [3.8, 4) is 39.1 Å². The maximum absolute atomic E-state index is 6.69. The minimum atomic E-state index is 0.890. The maximum atomic E-state index is 6.69. The number of rotatable bonds is 4. The second-order valence-corrected chi connectivity index (χ2v) is 12.4. The number of fused-ring (bicyclic) bond motifs is 7. The lowest BCUT2D eigenvalue weighted by Gasteiger charge is -2.18. The largest absolute Gasteiger partial charge is 0.454 e. The normalized spacial score (nSPS) is 11.8. The minimum absolute atomic E-state index is 0.890. The Morgan fingerprint density at radius 1 is 0.396 bits per heavy atom. The molecule has 0 spiro atoms. The van der Waals surface area contributed by atoms with Crippen molar-refractivity contribution >= 4 is 54.5 Å². The van der Waals surface area contributed by atoms with Crippen LogP contribution in [-0.2, 0) is 0 Å². The molecule has 2 nitrogen and oxygen atoms in total. The second kappa shape index (κ2) is 10.6. The van der Waals surface area contributed by atoms with Crippen LogP contribution < -0.4 is 0 Å².